The highest BCUT2D eigenvalue weighted by atomic mass is 16.6. The van der Waals surface area contributed by atoms with Gasteiger partial charge in [0.25, 0.3) is 11.7 Å². The normalized spacial score (nSPS) is 28.9. The van der Waals surface area contributed by atoms with Crippen molar-refractivity contribution in [2.45, 2.75) is 25.5 Å². The minimum absolute atomic E-state index is 0.391. The van der Waals surface area contributed by atoms with Crippen molar-refractivity contribution in [2.24, 2.45) is 5.73 Å². The first-order valence-corrected chi connectivity index (χ1v) is 4.77. The number of allylic oxidation sites excluding steroid dienone is 1. The molecule has 0 aromatic carbocycles. The Morgan fingerprint density at radius 2 is 2.00 bits per heavy atom. The Labute approximate surface area is 97.0 Å². The molecule has 94 valence electrons. The van der Waals surface area contributed by atoms with Gasteiger partial charge in [-0.05, 0) is 19.4 Å². The number of nitrogens with zero attached hydrogens (tertiary/aromatic N) is 2. The second kappa shape index (κ2) is 4.13. The van der Waals surface area contributed by atoms with Gasteiger partial charge in [0.1, 0.15) is 0 Å². The molecule has 0 fully saturated rings. The summed E-state index contributed by atoms with van der Waals surface area (Å²) in [4.78, 5) is 20.4. The molecule has 1 rings (SSSR count). The minimum Gasteiger partial charge on any atom is -0.391 e. The van der Waals surface area contributed by atoms with Gasteiger partial charge in [0, 0.05) is 18.1 Å². The lowest BCUT2D eigenvalue weighted by molar-refractivity contribution is -0.535. The van der Waals surface area contributed by atoms with Crippen molar-refractivity contribution in [1.29, 1.82) is 0 Å². The van der Waals surface area contributed by atoms with Crippen LogP contribution in [0.25, 0.3) is 0 Å². The molecule has 0 aliphatic heterocycles. The maximum Gasteiger partial charge on any atom is 0.295 e. The Morgan fingerprint density at radius 3 is 2.35 bits per heavy atom. The van der Waals surface area contributed by atoms with E-state index in [4.69, 9.17) is 10.5 Å². The Hall–Kier alpha value is -1.96. The van der Waals surface area contributed by atoms with E-state index in [1.165, 1.54) is 27.0 Å². The molecule has 0 radical (unpaired) electrons. The van der Waals surface area contributed by atoms with Gasteiger partial charge in [0.05, 0.1) is 4.92 Å². The summed E-state index contributed by atoms with van der Waals surface area (Å²) in [7, 11) is 1.30. The van der Waals surface area contributed by atoms with Crippen LogP contribution in [0.15, 0.2) is 23.0 Å². The number of nitro groups is 2. The molecule has 1 aliphatic rings. The van der Waals surface area contributed by atoms with E-state index in [1.807, 2.05) is 0 Å². The van der Waals surface area contributed by atoms with E-state index in [-0.39, 0.29) is 0 Å². The summed E-state index contributed by atoms with van der Waals surface area (Å²) in [6.45, 7) is 3.02. The minimum atomic E-state index is -1.46. The number of hydrogen-bond acceptors (Lipinski definition) is 6. The highest BCUT2D eigenvalue weighted by Crippen LogP contribution is 2.35. The van der Waals surface area contributed by atoms with E-state index in [0.29, 0.717) is 5.57 Å². The first kappa shape index (κ1) is 13.1. The zero-order valence-corrected chi connectivity index (χ0v) is 9.67. The standard InChI is InChI=1S/C9H13N3O5/c1-5-4-6(11(13)14)7(10)8(12(15)16)9(5,2)17-3/h4,8H,10H2,1-3H3. The highest BCUT2D eigenvalue weighted by Gasteiger charge is 2.52. The van der Waals surface area contributed by atoms with E-state index in [1.54, 1.807) is 0 Å². The van der Waals surface area contributed by atoms with Gasteiger partial charge in [0.15, 0.2) is 11.3 Å². The van der Waals surface area contributed by atoms with Crippen LogP contribution >= 0.6 is 0 Å². The van der Waals surface area contributed by atoms with E-state index in [9.17, 15) is 20.2 Å². The SMILES string of the molecule is COC1(C)C(C)=CC([N+](=O)[O-])=C(N)C1[N+](=O)[O-]. The van der Waals surface area contributed by atoms with Crippen LogP contribution < -0.4 is 5.73 Å². The molecule has 2 unspecified atom stereocenters. The van der Waals surface area contributed by atoms with Gasteiger partial charge in [-0.25, -0.2) is 0 Å². The fourth-order valence-electron chi connectivity index (χ4n) is 1.83. The van der Waals surface area contributed by atoms with Gasteiger partial charge in [0.2, 0.25) is 0 Å². The fourth-order valence-corrected chi connectivity index (χ4v) is 1.83. The van der Waals surface area contributed by atoms with E-state index < -0.39 is 32.9 Å². The third-order valence-corrected chi connectivity index (χ3v) is 3.08. The van der Waals surface area contributed by atoms with Crippen LogP contribution in [0.4, 0.5) is 0 Å². The second-order valence-corrected chi connectivity index (χ2v) is 3.92. The third kappa shape index (κ3) is 1.86. The van der Waals surface area contributed by atoms with Crippen LogP contribution in [0, 0.1) is 20.2 Å². The molecule has 1 aliphatic carbocycles. The number of rotatable bonds is 3. The number of ether oxygens (including phenoxy) is 1. The second-order valence-electron chi connectivity index (χ2n) is 3.92. The molecular weight excluding hydrogens is 230 g/mol. The third-order valence-electron chi connectivity index (χ3n) is 3.08. The van der Waals surface area contributed by atoms with E-state index in [0.717, 1.165) is 0 Å². The average Bonchev–Trinajstić information content (AvgIpc) is 2.22. The molecule has 0 amide bonds. The zero-order chi connectivity index (χ0) is 13.4. The molecule has 2 atom stereocenters. The predicted molar refractivity (Wildman–Crippen MR) is 58.2 cm³/mol. The van der Waals surface area contributed by atoms with Crippen LogP contribution in [0.3, 0.4) is 0 Å². The molecule has 0 aromatic rings. The van der Waals surface area contributed by atoms with E-state index >= 15 is 0 Å². The molecule has 8 nitrogen and oxygen atoms in total. The molecule has 0 bridgehead atoms. The average molecular weight is 243 g/mol. The summed E-state index contributed by atoms with van der Waals surface area (Å²) in [6, 6.07) is -1.46. The molecule has 0 spiro atoms. The van der Waals surface area contributed by atoms with Crippen molar-refractivity contribution in [1.82, 2.24) is 0 Å². The van der Waals surface area contributed by atoms with Crippen molar-refractivity contribution < 1.29 is 14.6 Å². The Morgan fingerprint density at radius 1 is 1.47 bits per heavy atom. The van der Waals surface area contributed by atoms with Gasteiger partial charge < -0.3 is 10.5 Å². The smallest absolute Gasteiger partial charge is 0.295 e. The van der Waals surface area contributed by atoms with Crippen LogP contribution in [0.1, 0.15) is 13.8 Å². The summed E-state index contributed by atoms with van der Waals surface area (Å²) < 4.78 is 5.12. The van der Waals surface area contributed by atoms with Gasteiger partial charge >= 0.3 is 0 Å². The first-order chi connectivity index (χ1) is 7.75. The van der Waals surface area contributed by atoms with Gasteiger partial charge in [-0.1, -0.05) is 0 Å². The summed E-state index contributed by atoms with van der Waals surface area (Å²) in [5, 5.41) is 21.8. The van der Waals surface area contributed by atoms with Crippen LogP contribution in [0.2, 0.25) is 0 Å². The maximum atomic E-state index is 11.0. The van der Waals surface area contributed by atoms with Crippen molar-refractivity contribution in [3.63, 3.8) is 0 Å². The van der Waals surface area contributed by atoms with Gasteiger partial charge in [-0.2, -0.15) is 0 Å². The summed E-state index contributed by atoms with van der Waals surface area (Å²) in [6.07, 6.45) is 1.21. The van der Waals surface area contributed by atoms with E-state index in [2.05, 4.69) is 0 Å². The van der Waals surface area contributed by atoms with Gasteiger partial charge in [-0.15, -0.1) is 0 Å². The lowest BCUT2D eigenvalue weighted by Crippen LogP contribution is -2.52. The topological polar surface area (TPSA) is 122 Å². The predicted octanol–water partition coefficient (Wildman–Crippen LogP) is 0.444. The zero-order valence-electron chi connectivity index (χ0n) is 9.67. The fraction of sp³-hybridized carbons (Fsp3) is 0.556. The quantitative estimate of drug-likeness (QED) is 0.567. The lowest BCUT2D eigenvalue weighted by Gasteiger charge is -2.33. The number of hydrogen-bond donors (Lipinski definition) is 1. The monoisotopic (exact) mass is 243 g/mol. The Kier molecular flexibility index (Phi) is 3.18. The summed E-state index contributed by atoms with van der Waals surface area (Å²) in [5.74, 6) is 0. The van der Waals surface area contributed by atoms with Crippen LogP contribution in [0.5, 0.6) is 0 Å². The molecule has 2 N–H and O–H groups in total. The number of methoxy groups -OCH3 is 1. The molecule has 8 heteroatoms. The molecule has 17 heavy (non-hydrogen) atoms. The molecule has 0 heterocycles. The molecule has 0 saturated heterocycles. The largest absolute Gasteiger partial charge is 0.391 e. The number of nitrogens with two attached hydrogens (primary N) is 1. The molecule has 0 aromatic heterocycles. The van der Waals surface area contributed by atoms with Crippen LogP contribution in [-0.4, -0.2) is 28.6 Å². The highest BCUT2D eigenvalue weighted by molar-refractivity contribution is 5.37. The molecule has 0 saturated carbocycles. The Balaban J connectivity index is 3.45. The summed E-state index contributed by atoms with van der Waals surface area (Å²) in [5.41, 5.74) is 3.79. The summed E-state index contributed by atoms with van der Waals surface area (Å²) >= 11 is 0. The van der Waals surface area contributed by atoms with Crippen molar-refractivity contribution >= 4 is 0 Å². The first-order valence-electron chi connectivity index (χ1n) is 4.77. The van der Waals surface area contributed by atoms with Crippen molar-refractivity contribution in [3.05, 3.63) is 43.3 Å². The van der Waals surface area contributed by atoms with Crippen molar-refractivity contribution in [3.8, 4) is 0 Å². The van der Waals surface area contributed by atoms with Crippen LogP contribution in [-0.2, 0) is 4.74 Å². The molecular formula is C9H13N3O5. The van der Waals surface area contributed by atoms with Gasteiger partial charge in [-0.3, -0.25) is 20.2 Å². The lowest BCUT2D eigenvalue weighted by atomic mass is 9.82. The maximum absolute atomic E-state index is 11.0. The van der Waals surface area contributed by atoms with Crippen molar-refractivity contribution in [2.75, 3.05) is 7.11 Å². The Bertz CT molecular complexity index is 442.